The van der Waals surface area contributed by atoms with Crippen LogP contribution in [0.3, 0.4) is 0 Å². The lowest BCUT2D eigenvalue weighted by Gasteiger charge is -2.08. The van der Waals surface area contributed by atoms with E-state index in [2.05, 4.69) is 15.5 Å². The molecule has 26 heavy (non-hydrogen) atoms. The average molecular weight is 372 g/mol. The zero-order valence-corrected chi connectivity index (χ0v) is 14.8. The Morgan fingerprint density at radius 1 is 1.27 bits per heavy atom. The number of benzene rings is 1. The van der Waals surface area contributed by atoms with Gasteiger partial charge in [-0.05, 0) is 31.2 Å². The lowest BCUT2D eigenvalue weighted by molar-refractivity contribution is -0.113. The summed E-state index contributed by atoms with van der Waals surface area (Å²) in [5.74, 6) is 2.51. The van der Waals surface area contributed by atoms with Crippen molar-refractivity contribution in [1.82, 2.24) is 14.8 Å². The second-order valence-corrected chi connectivity index (χ2v) is 6.35. The number of anilines is 1. The number of carbonyl (C=O) groups excluding carboxylic acids is 1. The summed E-state index contributed by atoms with van der Waals surface area (Å²) in [6.45, 7) is 2.82. The molecule has 4 rings (SSSR count). The number of nitrogens with zero attached hydrogens (tertiary/aromatic N) is 3. The number of para-hydroxylation sites is 1. The molecule has 0 spiro atoms. The Hall–Kier alpha value is -2.94. The van der Waals surface area contributed by atoms with Gasteiger partial charge < -0.3 is 19.2 Å². The monoisotopic (exact) mass is 372 g/mol. The fraction of sp³-hybridized carbons (Fsp3) is 0.235. The van der Waals surface area contributed by atoms with Crippen molar-refractivity contribution in [3.8, 4) is 23.1 Å². The number of furan rings is 1. The fourth-order valence-electron chi connectivity index (χ4n) is 2.61. The lowest BCUT2D eigenvalue weighted by Crippen LogP contribution is -2.15. The number of aromatic nitrogens is 3. The fourth-order valence-corrected chi connectivity index (χ4v) is 3.42. The molecule has 0 saturated carbocycles. The van der Waals surface area contributed by atoms with Crippen molar-refractivity contribution in [3.63, 3.8) is 0 Å². The molecule has 1 aliphatic rings. The summed E-state index contributed by atoms with van der Waals surface area (Å²) in [4.78, 5) is 12.3. The highest BCUT2D eigenvalue weighted by Crippen LogP contribution is 2.38. The molecule has 0 radical (unpaired) electrons. The maximum absolute atomic E-state index is 12.3. The van der Waals surface area contributed by atoms with E-state index in [1.807, 2.05) is 17.6 Å². The topological polar surface area (TPSA) is 91.4 Å². The van der Waals surface area contributed by atoms with E-state index >= 15 is 0 Å². The minimum atomic E-state index is -0.163. The molecular weight excluding hydrogens is 356 g/mol. The summed E-state index contributed by atoms with van der Waals surface area (Å²) in [5.41, 5.74) is 0.596. The third-order valence-corrected chi connectivity index (χ3v) is 4.74. The van der Waals surface area contributed by atoms with Crippen LogP contribution in [0.25, 0.3) is 11.6 Å². The van der Waals surface area contributed by atoms with Crippen LogP contribution in [0.1, 0.15) is 6.92 Å². The van der Waals surface area contributed by atoms with E-state index in [9.17, 15) is 4.79 Å². The molecule has 1 aliphatic heterocycles. The van der Waals surface area contributed by atoms with Gasteiger partial charge in [-0.15, -0.1) is 10.2 Å². The molecule has 0 fully saturated rings. The summed E-state index contributed by atoms with van der Waals surface area (Å²) in [6, 6.07) is 9.01. The molecule has 1 amide bonds. The first-order valence-corrected chi connectivity index (χ1v) is 9.03. The highest BCUT2D eigenvalue weighted by atomic mass is 32.2. The number of nitrogens with one attached hydrogen (secondary N) is 1. The van der Waals surface area contributed by atoms with Crippen LogP contribution in [0, 0.1) is 0 Å². The second kappa shape index (κ2) is 7.12. The molecule has 0 saturated heterocycles. The van der Waals surface area contributed by atoms with E-state index in [0.29, 0.717) is 40.5 Å². The Labute approximate surface area is 153 Å². The Kier molecular flexibility index (Phi) is 4.53. The van der Waals surface area contributed by atoms with Gasteiger partial charge in [0.1, 0.15) is 0 Å². The summed E-state index contributed by atoms with van der Waals surface area (Å²) in [7, 11) is 0. The summed E-state index contributed by atoms with van der Waals surface area (Å²) in [5, 5.41) is 11.8. The van der Waals surface area contributed by atoms with Crippen molar-refractivity contribution in [2.24, 2.45) is 0 Å². The third kappa shape index (κ3) is 3.13. The number of hydrogen-bond acceptors (Lipinski definition) is 7. The van der Waals surface area contributed by atoms with Gasteiger partial charge in [-0.25, -0.2) is 0 Å². The van der Waals surface area contributed by atoms with Crippen LogP contribution < -0.4 is 14.8 Å². The summed E-state index contributed by atoms with van der Waals surface area (Å²) < 4.78 is 18.0. The number of amides is 1. The van der Waals surface area contributed by atoms with Crippen LogP contribution in [0.4, 0.5) is 5.69 Å². The smallest absolute Gasteiger partial charge is 0.234 e. The number of ether oxygens (including phenoxy) is 2. The molecule has 0 unspecified atom stereocenters. The van der Waals surface area contributed by atoms with Gasteiger partial charge in [0.15, 0.2) is 28.2 Å². The predicted molar refractivity (Wildman–Crippen MR) is 95.3 cm³/mol. The predicted octanol–water partition coefficient (Wildman–Crippen LogP) is 3.02. The van der Waals surface area contributed by atoms with E-state index in [4.69, 9.17) is 13.9 Å². The molecule has 3 heterocycles. The molecule has 2 aromatic heterocycles. The van der Waals surface area contributed by atoms with Crippen LogP contribution in [0.2, 0.25) is 0 Å². The Morgan fingerprint density at radius 2 is 2.19 bits per heavy atom. The van der Waals surface area contributed by atoms with E-state index in [-0.39, 0.29) is 18.5 Å². The zero-order valence-electron chi connectivity index (χ0n) is 14.0. The van der Waals surface area contributed by atoms with E-state index < -0.39 is 0 Å². The normalized spacial score (nSPS) is 12.3. The molecule has 0 atom stereocenters. The van der Waals surface area contributed by atoms with Crippen LogP contribution in [0.5, 0.6) is 11.5 Å². The number of fused-ring (bicyclic) bond motifs is 1. The number of thioether (sulfide) groups is 1. The van der Waals surface area contributed by atoms with Crippen molar-refractivity contribution in [1.29, 1.82) is 0 Å². The van der Waals surface area contributed by atoms with Gasteiger partial charge >= 0.3 is 0 Å². The minimum Gasteiger partial charge on any atom is -0.461 e. The molecule has 1 N–H and O–H groups in total. The Morgan fingerprint density at radius 3 is 3.00 bits per heavy atom. The van der Waals surface area contributed by atoms with Gasteiger partial charge in [0, 0.05) is 6.54 Å². The number of rotatable bonds is 6. The standard InChI is InChI=1S/C17H16N4O4S/c1-2-21-16(13-7-4-8-23-13)19-20-17(21)26-9-14(22)18-11-5-3-6-12-15(11)25-10-24-12/h3-8H,2,9-10H2,1H3,(H,18,22). The summed E-state index contributed by atoms with van der Waals surface area (Å²) in [6.07, 6.45) is 1.59. The molecular formula is C17H16N4O4S. The highest BCUT2D eigenvalue weighted by molar-refractivity contribution is 7.99. The van der Waals surface area contributed by atoms with Gasteiger partial charge in [-0.3, -0.25) is 9.36 Å². The van der Waals surface area contributed by atoms with Crippen LogP contribution in [-0.2, 0) is 11.3 Å². The van der Waals surface area contributed by atoms with E-state index in [1.54, 1.807) is 30.5 Å². The second-order valence-electron chi connectivity index (χ2n) is 5.40. The molecule has 0 aliphatic carbocycles. The maximum Gasteiger partial charge on any atom is 0.234 e. The van der Waals surface area contributed by atoms with Crippen molar-refractivity contribution < 1.29 is 18.7 Å². The quantitative estimate of drug-likeness (QED) is 0.665. The van der Waals surface area contributed by atoms with Gasteiger partial charge in [0.25, 0.3) is 0 Å². The lowest BCUT2D eigenvalue weighted by atomic mass is 10.2. The number of carbonyl (C=O) groups is 1. The van der Waals surface area contributed by atoms with E-state index in [0.717, 1.165) is 0 Å². The molecule has 3 aromatic rings. The van der Waals surface area contributed by atoms with Crippen LogP contribution in [0.15, 0.2) is 46.2 Å². The summed E-state index contributed by atoms with van der Waals surface area (Å²) >= 11 is 1.31. The van der Waals surface area contributed by atoms with Crippen LogP contribution >= 0.6 is 11.8 Å². The van der Waals surface area contributed by atoms with Crippen molar-refractivity contribution in [2.75, 3.05) is 17.9 Å². The Bertz CT molecular complexity index is 923. The first kappa shape index (κ1) is 16.5. The first-order valence-electron chi connectivity index (χ1n) is 8.04. The minimum absolute atomic E-state index is 0.159. The van der Waals surface area contributed by atoms with Gasteiger partial charge in [0.2, 0.25) is 12.7 Å². The van der Waals surface area contributed by atoms with Crippen molar-refractivity contribution in [3.05, 3.63) is 36.6 Å². The van der Waals surface area contributed by atoms with Gasteiger partial charge in [-0.1, -0.05) is 17.8 Å². The molecule has 8 nitrogen and oxygen atoms in total. The van der Waals surface area contributed by atoms with Gasteiger partial charge in [0.05, 0.1) is 17.7 Å². The molecule has 134 valence electrons. The zero-order chi connectivity index (χ0) is 17.9. The maximum atomic E-state index is 12.3. The van der Waals surface area contributed by atoms with Crippen molar-refractivity contribution >= 4 is 23.4 Å². The number of hydrogen-bond donors (Lipinski definition) is 1. The first-order chi connectivity index (χ1) is 12.8. The molecule has 9 heteroatoms. The SMILES string of the molecule is CCn1c(SCC(=O)Nc2cccc3c2OCO3)nnc1-c1ccco1. The third-order valence-electron chi connectivity index (χ3n) is 3.78. The van der Waals surface area contributed by atoms with E-state index in [1.165, 1.54) is 11.8 Å². The molecule has 0 bridgehead atoms. The Balaban J connectivity index is 1.43. The largest absolute Gasteiger partial charge is 0.461 e. The highest BCUT2D eigenvalue weighted by Gasteiger charge is 2.20. The van der Waals surface area contributed by atoms with Gasteiger partial charge in [-0.2, -0.15) is 0 Å². The van der Waals surface area contributed by atoms with Crippen LogP contribution in [-0.4, -0.2) is 33.2 Å². The average Bonchev–Trinajstić information content (AvgIpc) is 3.38. The van der Waals surface area contributed by atoms with Crippen molar-refractivity contribution in [2.45, 2.75) is 18.6 Å². The molecule has 1 aromatic carbocycles.